The van der Waals surface area contributed by atoms with E-state index in [1.807, 2.05) is 55.6 Å². The number of H-pyrrole nitrogens is 1. The highest BCUT2D eigenvalue weighted by molar-refractivity contribution is 6.06. The van der Waals surface area contributed by atoms with Crippen LogP contribution in [0.1, 0.15) is 17.3 Å². The van der Waals surface area contributed by atoms with Crippen molar-refractivity contribution in [3.63, 3.8) is 0 Å². The van der Waals surface area contributed by atoms with Crippen LogP contribution in [-0.2, 0) is 0 Å². The molecule has 0 saturated heterocycles. The van der Waals surface area contributed by atoms with Gasteiger partial charge in [0.1, 0.15) is 30.3 Å². The average Bonchev–Trinajstić information content (AvgIpc) is 3.26. The fourth-order valence-electron chi connectivity index (χ4n) is 3.58. The molecule has 0 fully saturated rings. The topological polar surface area (TPSA) is 88.3 Å². The summed E-state index contributed by atoms with van der Waals surface area (Å²) in [6.45, 7) is 2.86. The second-order valence-corrected chi connectivity index (χ2v) is 7.90. The summed E-state index contributed by atoms with van der Waals surface area (Å²) in [5.41, 5.74) is 2.63. The molecule has 5 rings (SSSR count). The predicted molar refractivity (Wildman–Crippen MR) is 120 cm³/mol. The summed E-state index contributed by atoms with van der Waals surface area (Å²) in [5, 5.41) is 7.47. The van der Waals surface area contributed by atoms with Crippen LogP contribution in [0.15, 0.2) is 73.2 Å². The summed E-state index contributed by atoms with van der Waals surface area (Å²) in [5.74, 6) is 1.23. The second-order valence-electron chi connectivity index (χ2n) is 7.90. The summed E-state index contributed by atoms with van der Waals surface area (Å²) in [4.78, 5) is 20.0. The number of fused-ring (bicyclic) bond motifs is 2. The van der Waals surface area contributed by atoms with Crippen molar-refractivity contribution in [2.75, 3.05) is 23.8 Å². The van der Waals surface area contributed by atoms with E-state index in [-0.39, 0.29) is 5.91 Å². The number of carbonyl (C=O) groups excluding carboxylic acids is 1. The van der Waals surface area contributed by atoms with Crippen molar-refractivity contribution >= 4 is 28.2 Å². The maximum absolute atomic E-state index is 12.8. The van der Waals surface area contributed by atoms with Gasteiger partial charge in [-0.05, 0) is 61.5 Å². The van der Waals surface area contributed by atoms with Gasteiger partial charge in [0.25, 0.3) is 5.91 Å². The maximum Gasteiger partial charge on any atom is 0.255 e. The molecular formula is C24H22N4O3. The minimum atomic E-state index is -0.447. The molecule has 3 heterocycles. The van der Waals surface area contributed by atoms with E-state index in [0.29, 0.717) is 30.3 Å². The number of pyridine rings is 1. The third-order valence-electron chi connectivity index (χ3n) is 5.23. The lowest BCUT2D eigenvalue weighted by molar-refractivity contribution is 0.102. The highest BCUT2D eigenvalue weighted by Gasteiger charge is 2.32. The Bertz CT molecular complexity index is 1240. The number of hydrogen-bond donors (Lipinski definition) is 3. The van der Waals surface area contributed by atoms with Gasteiger partial charge in [-0.15, -0.1) is 0 Å². The van der Waals surface area contributed by atoms with Gasteiger partial charge in [-0.2, -0.15) is 0 Å². The minimum Gasteiger partial charge on any atom is -0.489 e. The number of benzene rings is 2. The predicted octanol–water partition coefficient (Wildman–Crippen LogP) is 4.46. The highest BCUT2D eigenvalue weighted by atomic mass is 16.5. The number of carbonyl (C=O) groups is 1. The van der Waals surface area contributed by atoms with Crippen LogP contribution in [0.2, 0.25) is 0 Å². The summed E-state index contributed by atoms with van der Waals surface area (Å²) in [6.07, 6.45) is 5.25. The van der Waals surface area contributed by atoms with Crippen molar-refractivity contribution in [2.24, 2.45) is 0 Å². The van der Waals surface area contributed by atoms with Crippen LogP contribution in [0.4, 0.5) is 11.4 Å². The van der Waals surface area contributed by atoms with Crippen LogP contribution < -0.4 is 20.1 Å². The van der Waals surface area contributed by atoms with E-state index < -0.39 is 5.54 Å². The fraction of sp³-hybridized carbons (Fsp3) is 0.167. The molecule has 1 unspecified atom stereocenters. The van der Waals surface area contributed by atoms with Crippen molar-refractivity contribution in [2.45, 2.75) is 12.5 Å². The van der Waals surface area contributed by atoms with Crippen molar-refractivity contribution in [1.29, 1.82) is 0 Å². The molecule has 4 aromatic rings. The third-order valence-corrected chi connectivity index (χ3v) is 5.23. The first-order valence-corrected chi connectivity index (χ1v) is 10.0. The number of amides is 1. The first-order chi connectivity index (χ1) is 15.1. The van der Waals surface area contributed by atoms with E-state index in [9.17, 15) is 4.79 Å². The summed E-state index contributed by atoms with van der Waals surface area (Å²) < 4.78 is 11.8. The molecule has 3 N–H and O–H groups in total. The van der Waals surface area contributed by atoms with E-state index in [1.165, 1.54) is 0 Å². The molecular weight excluding hydrogens is 392 g/mol. The zero-order valence-electron chi connectivity index (χ0n) is 17.0. The Morgan fingerprint density at radius 2 is 2.16 bits per heavy atom. The Hall–Kier alpha value is -4.00. The van der Waals surface area contributed by atoms with Gasteiger partial charge in [0, 0.05) is 34.5 Å². The lowest BCUT2D eigenvalue weighted by Gasteiger charge is -2.36. The van der Waals surface area contributed by atoms with Gasteiger partial charge in [-0.3, -0.25) is 9.78 Å². The SMILES string of the molecule is CC1(COc2cccnc2)COc2ccc(C(=O)Nc3ccc4[nH]ccc4c3)cc2N1. The average molecular weight is 414 g/mol. The molecule has 2 aromatic heterocycles. The quantitative estimate of drug-likeness (QED) is 0.449. The molecule has 7 nitrogen and oxygen atoms in total. The molecule has 2 aromatic carbocycles. The molecule has 0 bridgehead atoms. The number of aromatic amines is 1. The number of nitrogens with one attached hydrogen (secondary N) is 3. The Labute approximate surface area is 179 Å². The molecule has 7 heteroatoms. The summed E-state index contributed by atoms with van der Waals surface area (Å²) in [6, 6.07) is 16.8. The van der Waals surface area contributed by atoms with E-state index in [0.717, 1.165) is 22.3 Å². The van der Waals surface area contributed by atoms with Crippen molar-refractivity contribution in [3.05, 3.63) is 78.8 Å². The first-order valence-electron chi connectivity index (χ1n) is 10.0. The van der Waals surface area contributed by atoms with Gasteiger partial charge in [-0.1, -0.05) is 0 Å². The molecule has 1 amide bonds. The largest absolute Gasteiger partial charge is 0.489 e. The molecule has 31 heavy (non-hydrogen) atoms. The van der Waals surface area contributed by atoms with E-state index in [2.05, 4.69) is 20.6 Å². The van der Waals surface area contributed by atoms with Gasteiger partial charge < -0.3 is 25.1 Å². The number of ether oxygens (including phenoxy) is 2. The molecule has 0 spiro atoms. The number of anilines is 2. The maximum atomic E-state index is 12.8. The van der Waals surface area contributed by atoms with Gasteiger partial charge >= 0.3 is 0 Å². The summed E-state index contributed by atoms with van der Waals surface area (Å²) in [7, 11) is 0. The first kappa shape index (κ1) is 19.0. The van der Waals surface area contributed by atoms with Crippen molar-refractivity contribution < 1.29 is 14.3 Å². The third kappa shape index (κ3) is 4.02. The Morgan fingerprint density at radius 1 is 1.23 bits per heavy atom. The smallest absolute Gasteiger partial charge is 0.255 e. The van der Waals surface area contributed by atoms with Gasteiger partial charge in [0.15, 0.2) is 0 Å². The number of nitrogens with zero attached hydrogens (tertiary/aromatic N) is 1. The lowest BCUT2D eigenvalue weighted by atomic mass is 10.0. The van der Waals surface area contributed by atoms with Gasteiger partial charge in [0.05, 0.1) is 11.9 Å². The molecule has 1 aliphatic rings. The molecule has 156 valence electrons. The molecule has 1 aliphatic heterocycles. The normalized spacial score (nSPS) is 17.3. The zero-order valence-corrected chi connectivity index (χ0v) is 17.0. The van der Waals surface area contributed by atoms with Crippen LogP contribution in [0.25, 0.3) is 10.9 Å². The standard InChI is InChI=1S/C24H22N4O3/c1-24(14-30-19-3-2-9-25-13-19)15-31-22-7-4-17(12-21(22)28-24)23(29)27-18-5-6-20-16(11-18)8-10-26-20/h2-13,26,28H,14-15H2,1H3,(H,27,29). The Kier molecular flexibility index (Phi) is 4.71. The number of hydrogen-bond acceptors (Lipinski definition) is 5. The van der Waals surface area contributed by atoms with Crippen LogP contribution in [-0.4, -0.2) is 34.6 Å². The number of rotatable bonds is 5. The molecule has 0 aliphatic carbocycles. The van der Waals surface area contributed by atoms with Crippen LogP contribution in [0.5, 0.6) is 11.5 Å². The molecule has 0 saturated carbocycles. The second kappa shape index (κ2) is 7.68. The van der Waals surface area contributed by atoms with E-state index in [4.69, 9.17) is 9.47 Å². The minimum absolute atomic E-state index is 0.182. The lowest BCUT2D eigenvalue weighted by Crippen LogP contribution is -2.48. The van der Waals surface area contributed by atoms with Crippen LogP contribution in [0, 0.1) is 0 Å². The Balaban J connectivity index is 1.30. The molecule has 0 radical (unpaired) electrons. The summed E-state index contributed by atoms with van der Waals surface area (Å²) >= 11 is 0. The highest BCUT2D eigenvalue weighted by Crippen LogP contribution is 2.34. The number of aromatic nitrogens is 2. The monoisotopic (exact) mass is 414 g/mol. The van der Waals surface area contributed by atoms with Crippen LogP contribution >= 0.6 is 0 Å². The zero-order chi connectivity index (χ0) is 21.3. The molecule has 1 atom stereocenters. The van der Waals surface area contributed by atoms with Gasteiger partial charge in [0.2, 0.25) is 0 Å². The van der Waals surface area contributed by atoms with Crippen molar-refractivity contribution in [1.82, 2.24) is 9.97 Å². The van der Waals surface area contributed by atoms with Gasteiger partial charge in [-0.25, -0.2) is 0 Å². The van der Waals surface area contributed by atoms with E-state index in [1.54, 1.807) is 24.5 Å². The van der Waals surface area contributed by atoms with Crippen LogP contribution in [0.3, 0.4) is 0 Å². The fourth-order valence-corrected chi connectivity index (χ4v) is 3.58. The van der Waals surface area contributed by atoms with E-state index >= 15 is 0 Å². The Morgan fingerprint density at radius 3 is 3.03 bits per heavy atom. The van der Waals surface area contributed by atoms with Crippen molar-refractivity contribution in [3.8, 4) is 11.5 Å².